The second-order valence-electron chi connectivity index (χ2n) is 5.59. The summed E-state index contributed by atoms with van der Waals surface area (Å²) in [5, 5.41) is 0. The van der Waals surface area contributed by atoms with Gasteiger partial charge in [0.2, 0.25) is 0 Å². The highest BCUT2D eigenvalue weighted by Crippen LogP contribution is 2.21. The summed E-state index contributed by atoms with van der Waals surface area (Å²) in [5.74, 6) is 0. The molecule has 0 heterocycles. The number of allylic oxidation sites excluding steroid dienone is 5. The fraction of sp³-hybridized carbons (Fsp3) is 0.562. The Labute approximate surface area is 100 Å². The molecule has 0 bridgehead atoms. The molecule has 0 aromatic heterocycles. The van der Waals surface area contributed by atoms with Crippen LogP contribution in [0.25, 0.3) is 0 Å². The van der Waals surface area contributed by atoms with Gasteiger partial charge in [0.05, 0.1) is 0 Å². The van der Waals surface area contributed by atoms with Gasteiger partial charge in [-0.1, -0.05) is 51.5 Å². The maximum Gasteiger partial charge on any atom is -0.0200 e. The van der Waals surface area contributed by atoms with Gasteiger partial charge in [-0.05, 0) is 42.7 Å². The molecular weight excluding hydrogens is 192 g/mol. The molecule has 1 rings (SSSR count). The van der Waals surface area contributed by atoms with Crippen LogP contribution in [0.3, 0.4) is 0 Å². The minimum Gasteiger partial charge on any atom is -0.122 e. The highest BCUT2D eigenvalue weighted by atomic mass is 14.1. The average Bonchev–Trinajstić information content (AvgIpc) is 2.23. The Hall–Kier alpha value is -1.00. The van der Waals surface area contributed by atoms with E-state index in [-0.39, 0.29) is 5.41 Å². The highest BCUT2D eigenvalue weighted by Gasteiger charge is 2.03. The molecule has 0 amide bonds. The summed E-state index contributed by atoms with van der Waals surface area (Å²) in [4.78, 5) is 0. The molecule has 0 aromatic rings. The first-order valence-corrected chi connectivity index (χ1v) is 6.37. The first-order valence-electron chi connectivity index (χ1n) is 6.37. The zero-order chi connectivity index (χ0) is 11.9. The molecule has 0 unspecified atom stereocenters. The van der Waals surface area contributed by atoms with Crippen molar-refractivity contribution >= 4 is 0 Å². The van der Waals surface area contributed by atoms with Crippen molar-refractivity contribution in [3.05, 3.63) is 41.7 Å². The third kappa shape index (κ3) is 6.48. The minimum atomic E-state index is 0.274. The van der Waals surface area contributed by atoms with Gasteiger partial charge in [-0.2, -0.15) is 0 Å². The monoisotopic (exact) mass is 216 g/mol. The van der Waals surface area contributed by atoms with Gasteiger partial charge >= 0.3 is 0 Å². The maximum absolute atomic E-state index is 3.39. The van der Waals surface area contributed by atoms with Crippen molar-refractivity contribution in [3.63, 3.8) is 0 Å². The standard InChI is InChI=1S/C16H24/c1-16(2,3)14-10-5-4-7-11-15-12-8-6-9-13-15/h4-5,7,10,14H,6,8-9,12-13H2,1-3H3/b5-4-,14-10+. The van der Waals surface area contributed by atoms with E-state index in [1.807, 2.05) is 6.08 Å². The van der Waals surface area contributed by atoms with Gasteiger partial charge in [0.15, 0.2) is 0 Å². The van der Waals surface area contributed by atoms with Crippen LogP contribution in [0.1, 0.15) is 52.9 Å². The summed E-state index contributed by atoms with van der Waals surface area (Å²) in [5.41, 5.74) is 5.16. The average molecular weight is 216 g/mol. The van der Waals surface area contributed by atoms with Gasteiger partial charge in [0.25, 0.3) is 0 Å². The Kier molecular flexibility index (Phi) is 5.35. The molecule has 0 spiro atoms. The molecule has 0 aliphatic heterocycles. The van der Waals surface area contributed by atoms with Crippen LogP contribution < -0.4 is 0 Å². The smallest absolute Gasteiger partial charge is 0.0200 e. The van der Waals surface area contributed by atoms with E-state index in [1.165, 1.54) is 37.7 Å². The van der Waals surface area contributed by atoms with Gasteiger partial charge < -0.3 is 0 Å². The van der Waals surface area contributed by atoms with Crippen molar-refractivity contribution in [3.8, 4) is 0 Å². The minimum absolute atomic E-state index is 0.274. The molecule has 0 heteroatoms. The molecular formula is C16H24. The fourth-order valence-electron chi connectivity index (χ4n) is 1.75. The van der Waals surface area contributed by atoms with E-state index in [2.05, 4.69) is 50.8 Å². The molecule has 16 heavy (non-hydrogen) atoms. The molecule has 0 nitrogen and oxygen atoms in total. The molecule has 0 atom stereocenters. The van der Waals surface area contributed by atoms with E-state index >= 15 is 0 Å². The predicted octanol–water partition coefficient (Wildman–Crippen LogP) is 5.19. The third-order valence-corrected chi connectivity index (χ3v) is 2.66. The highest BCUT2D eigenvalue weighted by molar-refractivity contribution is 5.15. The first-order chi connectivity index (χ1) is 7.58. The van der Waals surface area contributed by atoms with Gasteiger partial charge in [-0.15, -0.1) is 5.73 Å². The Bertz CT molecular complexity index is 306. The summed E-state index contributed by atoms with van der Waals surface area (Å²) >= 11 is 0. The van der Waals surface area contributed by atoms with Crippen molar-refractivity contribution in [1.29, 1.82) is 0 Å². The fourth-order valence-corrected chi connectivity index (χ4v) is 1.75. The summed E-state index contributed by atoms with van der Waals surface area (Å²) in [7, 11) is 0. The molecule has 1 fully saturated rings. The van der Waals surface area contributed by atoms with Crippen LogP contribution in [0.5, 0.6) is 0 Å². The normalized spacial score (nSPS) is 18.1. The Morgan fingerprint density at radius 3 is 2.25 bits per heavy atom. The molecule has 0 N–H and O–H groups in total. The lowest BCUT2D eigenvalue weighted by molar-refractivity contribution is 0.544. The van der Waals surface area contributed by atoms with Crippen LogP contribution in [0.2, 0.25) is 0 Å². The van der Waals surface area contributed by atoms with Gasteiger partial charge in [-0.3, -0.25) is 0 Å². The van der Waals surface area contributed by atoms with Gasteiger partial charge in [-0.25, -0.2) is 0 Å². The van der Waals surface area contributed by atoms with E-state index in [0.717, 1.165) is 0 Å². The van der Waals surface area contributed by atoms with Crippen LogP contribution in [0, 0.1) is 5.41 Å². The second kappa shape index (κ2) is 6.55. The van der Waals surface area contributed by atoms with E-state index in [1.54, 1.807) is 0 Å². The van der Waals surface area contributed by atoms with E-state index in [0.29, 0.717) is 0 Å². The SMILES string of the molecule is CC(C)(C)/C=C/C=C\C=C=C1CCCCC1. The molecule has 88 valence electrons. The third-order valence-electron chi connectivity index (χ3n) is 2.66. The van der Waals surface area contributed by atoms with Gasteiger partial charge in [0.1, 0.15) is 0 Å². The molecule has 0 radical (unpaired) electrons. The van der Waals surface area contributed by atoms with Crippen molar-refractivity contribution in [2.45, 2.75) is 52.9 Å². The molecule has 0 aromatic carbocycles. The first kappa shape index (κ1) is 13.1. The second-order valence-corrected chi connectivity index (χ2v) is 5.59. The predicted molar refractivity (Wildman–Crippen MR) is 72.4 cm³/mol. The lowest BCUT2D eigenvalue weighted by atomic mass is 9.95. The van der Waals surface area contributed by atoms with Crippen LogP contribution in [0.4, 0.5) is 0 Å². The van der Waals surface area contributed by atoms with E-state index < -0.39 is 0 Å². The largest absolute Gasteiger partial charge is 0.122 e. The quantitative estimate of drug-likeness (QED) is 0.440. The Balaban J connectivity index is 2.41. The van der Waals surface area contributed by atoms with Crippen LogP contribution >= 0.6 is 0 Å². The zero-order valence-electron chi connectivity index (χ0n) is 10.9. The number of hydrogen-bond donors (Lipinski definition) is 0. The van der Waals surface area contributed by atoms with Crippen LogP contribution in [0.15, 0.2) is 41.7 Å². The topological polar surface area (TPSA) is 0 Å². The van der Waals surface area contributed by atoms with Crippen molar-refractivity contribution < 1.29 is 0 Å². The van der Waals surface area contributed by atoms with Crippen molar-refractivity contribution in [2.24, 2.45) is 5.41 Å². The van der Waals surface area contributed by atoms with E-state index in [4.69, 9.17) is 0 Å². The summed E-state index contributed by atoms with van der Waals surface area (Å²) in [6.45, 7) is 6.62. The van der Waals surface area contributed by atoms with Crippen molar-refractivity contribution in [1.82, 2.24) is 0 Å². The van der Waals surface area contributed by atoms with Crippen LogP contribution in [-0.4, -0.2) is 0 Å². The number of hydrogen-bond acceptors (Lipinski definition) is 0. The molecule has 1 aliphatic rings. The zero-order valence-corrected chi connectivity index (χ0v) is 10.9. The maximum atomic E-state index is 3.39. The Morgan fingerprint density at radius 1 is 0.938 bits per heavy atom. The lowest BCUT2D eigenvalue weighted by Crippen LogP contribution is -1.97. The number of rotatable bonds is 2. The Morgan fingerprint density at radius 2 is 1.62 bits per heavy atom. The van der Waals surface area contributed by atoms with Crippen LogP contribution in [-0.2, 0) is 0 Å². The molecule has 1 saturated carbocycles. The molecule has 0 saturated heterocycles. The van der Waals surface area contributed by atoms with Crippen molar-refractivity contribution in [2.75, 3.05) is 0 Å². The summed E-state index contributed by atoms with van der Waals surface area (Å²) in [6, 6.07) is 0. The lowest BCUT2D eigenvalue weighted by Gasteiger charge is -2.10. The summed E-state index contributed by atoms with van der Waals surface area (Å²) in [6.07, 6.45) is 17.1. The van der Waals surface area contributed by atoms with E-state index in [9.17, 15) is 0 Å². The van der Waals surface area contributed by atoms with Gasteiger partial charge in [0, 0.05) is 0 Å². The summed E-state index contributed by atoms with van der Waals surface area (Å²) < 4.78 is 0. The molecule has 1 aliphatic carbocycles.